The maximum Gasteiger partial charge on any atom is 0.295 e. The van der Waals surface area contributed by atoms with E-state index in [-0.39, 0.29) is 23.4 Å². The van der Waals surface area contributed by atoms with Crippen LogP contribution in [0.25, 0.3) is 5.76 Å². The number of rotatable bonds is 7. The van der Waals surface area contributed by atoms with Crippen molar-refractivity contribution < 1.29 is 28.2 Å². The molecule has 0 unspecified atom stereocenters. The van der Waals surface area contributed by atoms with Gasteiger partial charge in [-0.15, -0.1) is 0 Å². The first-order valence-electron chi connectivity index (χ1n) is 10.2. The average molecular weight is 453 g/mol. The van der Waals surface area contributed by atoms with Crippen molar-refractivity contribution in [1.29, 1.82) is 0 Å². The van der Waals surface area contributed by atoms with E-state index in [9.17, 15) is 23.5 Å². The number of carbonyl (C=O) groups is 2. The predicted octanol–water partition coefficient (Wildman–Crippen LogP) is 3.68. The molecule has 1 atom stereocenters. The summed E-state index contributed by atoms with van der Waals surface area (Å²) in [5.41, 5.74) is 0.175. The van der Waals surface area contributed by atoms with E-state index in [0.717, 1.165) is 12.1 Å². The van der Waals surface area contributed by atoms with Crippen molar-refractivity contribution in [3.05, 3.63) is 89.5 Å². The molecule has 1 N–H and O–H groups in total. The minimum absolute atomic E-state index is 0.0546. The molecule has 1 aliphatic rings. The molecule has 1 aliphatic heterocycles. The number of ketones is 1. The van der Waals surface area contributed by atoms with Gasteiger partial charge in [-0.3, -0.25) is 9.59 Å². The number of aliphatic hydroxyl groups excluding tert-OH is 1. The molecule has 2 heterocycles. The number of nitrogens with zero attached hydrogens (tertiary/aromatic N) is 3. The molecule has 7 nitrogen and oxygen atoms in total. The molecular weight excluding hydrogens is 432 g/mol. The molecule has 0 radical (unpaired) electrons. The number of hydrogen-bond acceptors (Lipinski definition) is 5. The predicted molar refractivity (Wildman–Crippen MR) is 115 cm³/mol. The van der Waals surface area contributed by atoms with Gasteiger partial charge >= 0.3 is 0 Å². The summed E-state index contributed by atoms with van der Waals surface area (Å²) in [4.78, 5) is 31.3. The number of halogens is 2. The number of imidazole rings is 1. The van der Waals surface area contributed by atoms with E-state index in [1.807, 2.05) is 4.57 Å². The van der Waals surface area contributed by atoms with Crippen molar-refractivity contribution in [2.24, 2.45) is 0 Å². The van der Waals surface area contributed by atoms with Crippen molar-refractivity contribution in [3.63, 3.8) is 0 Å². The molecule has 0 aliphatic carbocycles. The fraction of sp³-hybridized carbons (Fsp3) is 0.208. The van der Waals surface area contributed by atoms with Crippen molar-refractivity contribution in [2.45, 2.75) is 19.0 Å². The summed E-state index contributed by atoms with van der Waals surface area (Å²) < 4.78 is 34.6. The highest BCUT2D eigenvalue weighted by molar-refractivity contribution is 6.46. The molecule has 4 rings (SSSR count). The van der Waals surface area contributed by atoms with Gasteiger partial charge in [-0.1, -0.05) is 12.1 Å². The molecule has 9 heteroatoms. The molecule has 2 aromatic carbocycles. The first-order chi connectivity index (χ1) is 15.9. The molecule has 3 aromatic rings. The van der Waals surface area contributed by atoms with Crippen molar-refractivity contribution in [1.82, 2.24) is 14.5 Å². The number of Topliss-reactive ketones (excluding diaryl/α,β-unsaturated/α-hetero) is 1. The lowest BCUT2D eigenvalue weighted by molar-refractivity contribution is -0.139. The van der Waals surface area contributed by atoms with Crippen LogP contribution in [0.1, 0.15) is 23.6 Å². The lowest BCUT2D eigenvalue weighted by Crippen LogP contribution is -2.31. The van der Waals surface area contributed by atoms with Gasteiger partial charge < -0.3 is 19.3 Å². The third-order valence-electron chi connectivity index (χ3n) is 5.52. The summed E-state index contributed by atoms with van der Waals surface area (Å²) in [6.45, 7) is 0.749. The van der Waals surface area contributed by atoms with Gasteiger partial charge in [0.15, 0.2) is 0 Å². The van der Waals surface area contributed by atoms with Crippen LogP contribution in [0.5, 0.6) is 5.75 Å². The zero-order valence-electron chi connectivity index (χ0n) is 17.7. The SMILES string of the molecule is COc1ccc(F)cc1/C(O)=C1\C(=O)C(=O)N(CCCn2ccnc2)[C@H]1c1ccc(F)cc1. The van der Waals surface area contributed by atoms with Gasteiger partial charge in [0.2, 0.25) is 0 Å². The number of aliphatic hydroxyl groups is 1. The van der Waals surface area contributed by atoms with Crippen LogP contribution >= 0.6 is 0 Å². The van der Waals surface area contributed by atoms with Crippen LogP contribution in [0, 0.1) is 11.6 Å². The fourth-order valence-electron chi connectivity index (χ4n) is 3.96. The smallest absolute Gasteiger partial charge is 0.295 e. The van der Waals surface area contributed by atoms with Crippen LogP contribution in [-0.4, -0.2) is 44.9 Å². The first kappa shape index (κ1) is 22.2. The number of aromatic nitrogens is 2. The third kappa shape index (κ3) is 4.34. The van der Waals surface area contributed by atoms with Crippen LogP contribution in [0.4, 0.5) is 8.78 Å². The Balaban J connectivity index is 1.78. The standard InChI is InChI=1S/C24H21F2N3O4/c1-33-19-8-7-17(26)13-18(19)22(30)20-21(15-3-5-16(25)6-4-15)29(24(32)23(20)31)11-2-10-28-12-9-27-14-28/h3-9,12-14,21,30H,2,10-11H2,1H3/b22-20+/t21-/m0/s1. The Morgan fingerprint density at radius 1 is 1.09 bits per heavy atom. The summed E-state index contributed by atoms with van der Waals surface area (Å²) in [7, 11) is 1.34. The second-order valence-corrected chi connectivity index (χ2v) is 7.54. The van der Waals surface area contributed by atoms with Crippen LogP contribution in [0.2, 0.25) is 0 Å². The van der Waals surface area contributed by atoms with Crippen molar-refractivity contribution in [2.75, 3.05) is 13.7 Å². The van der Waals surface area contributed by atoms with E-state index in [0.29, 0.717) is 18.5 Å². The van der Waals surface area contributed by atoms with Crippen molar-refractivity contribution in [3.8, 4) is 5.75 Å². The topological polar surface area (TPSA) is 84.7 Å². The molecule has 1 aromatic heterocycles. The quantitative estimate of drug-likeness (QED) is 0.335. The summed E-state index contributed by atoms with van der Waals surface area (Å²) in [5.74, 6) is -3.26. The van der Waals surface area contributed by atoms with E-state index in [2.05, 4.69) is 4.98 Å². The number of carbonyl (C=O) groups excluding carboxylic acids is 2. The van der Waals surface area contributed by atoms with Crippen LogP contribution < -0.4 is 4.74 Å². The highest BCUT2D eigenvalue weighted by Crippen LogP contribution is 2.41. The van der Waals surface area contributed by atoms with Gasteiger partial charge in [-0.25, -0.2) is 13.8 Å². The van der Waals surface area contributed by atoms with E-state index in [1.165, 1.54) is 42.3 Å². The van der Waals surface area contributed by atoms with E-state index < -0.39 is 35.1 Å². The second-order valence-electron chi connectivity index (χ2n) is 7.54. The molecule has 1 amide bonds. The molecular formula is C24H21F2N3O4. The maximum atomic E-state index is 13.9. The normalized spacial score (nSPS) is 17.5. The highest BCUT2D eigenvalue weighted by Gasteiger charge is 2.46. The van der Waals surface area contributed by atoms with Gasteiger partial charge in [0.1, 0.15) is 23.1 Å². The molecule has 33 heavy (non-hydrogen) atoms. The first-order valence-corrected chi connectivity index (χ1v) is 10.2. The summed E-state index contributed by atoms with van der Waals surface area (Å²) in [6.07, 6.45) is 5.56. The molecule has 170 valence electrons. The molecule has 1 fully saturated rings. The summed E-state index contributed by atoms with van der Waals surface area (Å²) in [5, 5.41) is 11.1. The number of aryl methyl sites for hydroxylation is 1. The van der Waals surface area contributed by atoms with Gasteiger partial charge in [-0.2, -0.15) is 0 Å². The summed E-state index contributed by atoms with van der Waals surface area (Å²) in [6, 6.07) is 7.85. The molecule has 0 spiro atoms. The van der Waals surface area contributed by atoms with Crippen LogP contribution in [-0.2, 0) is 16.1 Å². The van der Waals surface area contributed by atoms with Crippen LogP contribution in [0.15, 0.2) is 66.8 Å². The molecule has 0 bridgehead atoms. The van der Waals surface area contributed by atoms with E-state index in [1.54, 1.807) is 18.7 Å². The highest BCUT2D eigenvalue weighted by atomic mass is 19.1. The Hall–Kier alpha value is -4.01. The van der Waals surface area contributed by atoms with Crippen LogP contribution in [0.3, 0.4) is 0 Å². The summed E-state index contributed by atoms with van der Waals surface area (Å²) >= 11 is 0. The average Bonchev–Trinajstić information content (AvgIpc) is 3.41. The third-order valence-corrected chi connectivity index (χ3v) is 5.52. The second kappa shape index (κ2) is 9.23. The number of amides is 1. The van der Waals surface area contributed by atoms with Gasteiger partial charge in [-0.05, 0) is 42.3 Å². The monoisotopic (exact) mass is 453 g/mol. The van der Waals surface area contributed by atoms with Gasteiger partial charge in [0, 0.05) is 25.5 Å². The zero-order valence-corrected chi connectivity index (χ0v) is 17.7. The van der Waals surface area contributed by atoms with Gasteiger partial charge in [0.05, 0.1) is 30.6 Å². The number of ether oxygens (including phenoxy) is 1. The lowest BCUT2D eigenvalue weighted by atomic mass is 9.95. The minimum Gasteiger partial charge on any atom is -0.507 e. The van der Waals surface area contributed by atoms with Gasteiger partial charge in [0.25, 0.3) is 11.7 Å². The Labute approximate surface area is 188 Å². The Kier molecular flexibility index (Phi) is 6.21. The maximum absolute atomic E-state index is 13.9. The number of hydrogen-bond donors (Lipinski definition) is 1. The number of methoxy groups -OCH3 is 1. The minimum atomic E-state index is -0.971. The number of benzene rings is 2. The zero-order chi connectivity index (χ0) is 23.5. The Morgan fingerprint density at radius 2 is 1.82 bits per heavy atom. The number of likely N-dealkylation sites (tertiary alicyclic amines) is 1. The molecule has 1 saturated heterocycles. The lowest BCUT2D eigenvalue weighted by Gasteiger charge is -2.25. The fourth-order valence-corrected chi connectivity index (χ4v) is 3.96. The molecule has 0 saturated carbocycles. The van der Waals surface area contributed by atoms with Crippen molar-refractivity contribution >= 4 is 17.4 Å². The largest absolute Gasteiger partial charge is 0.507 e. The Morgan fingerprint density at radius 3 is 2.48 bits per heavy atom. The Bertz CT molecular complexity index is 1210. The van der Waals surface area contributed by atoms with E-state index in [4.69, 9.17) is 4.74 Å². The van der Waals surface area contributed by atoms with E-state index >= 15 is 0 Å².